The average Bonchev–Trinajstić information content (AvgIpc) is 2.61. The van der Waals surface area contributed by atoms with Gasteiger partial charge in [0.2, 0.25) is 0 Å². The lowest BCUT2D eigenvalue weighted by Crippen LogP contribution is -2.38. The Morgan fingerprint density at radius 3 is 2.84 bits per heavy atom. The van der Waals surface area contributed by atoms with Crippen LogP contribution in [-0.4, -0.2) is 50.4 Å². The lowest BCUT2D eigenvalue weighted by atomic mass is 10.1. The van der Waals surface area contributed by atoms with Crippen LogP contribution in [0.1, 0.15) is 24.8 Å². The van der Waals surface area contributed by atoms with Gasteiger partial charge in [-0.15, -0.1) is 0 Å². The number of carbonyl (C=O) groups is 1. The van der Waals surface area contributed by atoms with Gasteiger partial charge in [0.15, 0.2) is 11.5 Å². The van der Waals surface area contributed by atoms with Crippen molar-refractivity contribution in [1.29, 1.82) is 0 Å². The van der Waals surface area contributed by atoms with E-state index >= 15 is 0 Å². The van der Waals surface area contributed by atoms with E-state index in [9.17, 15) is 4.79 Å². The number of hydrogen-bond donors (Lipinski definition) is 1. The number of piperidine rings is 1. The third-order valence-corrected chi connectivity index (χ3v) is 4.41. The molecule has 1 aromatic rings. The SMILES string of the molecule is C=CCOc1c(Br)cc(/C=N\NC(=O)CN2CCCCC2)cc1OC. The van der Waals surface area contributed by atoms with Gasteiger partial charge in [0, 0.05) is 0 Å². The number of hydrazone groups is 1. The number of nitrogens with one attached hydrogen (secondary N) is 1. The normalized spacial score (nSPS) is 15.1. The van der Waals surface area contributed by atoms with Crippen LogP contribution in [-0.2, 0) is 4.79 Å². The Labute approximate surface area is 157 Å². The van der Waals surface area contributed by atoms with E-state index < -0.39 is 0 Å². The van der Waals surface area contributed by atoms with Crippen molar-refractivity contribution >= 4 is 28.1 Å². The molecule has 25 heavy (non-hydrogen) atoms. The van der Waals surface area contributed by atoms with Crippen LogP contribution < -0.4 is 14.9 Å². The van der Waals surface area contributed by atoms with Gasteiger partial charge in [-0.25, -0.2) is 5.43 Å². The number of carbonyl (C=O) groups excluding carboxylic acids is 1. The van der Waals surface area contributed by atoms with Crippen LogP contribution in [0.25, 0.3) is 0 Å². The molecule has 136 valence electrons. The van der Waals surface area contributed by atoms with Crippen molar-refractivity contribution in [3.63, 3.8) is 0 Å². The van der Waals surface area contributed by atoms with E-state index in [1.165, 1.54) is 6.42 Å². The molecule has 1 aromatic carbocycles. The first-order valence-electron chi connectivity index (χ1n) is 8.29. The molecule has 0 radical (unpaired) electrons. The number of methoxy groups -OCH3 is 1. The van der Waals surface area contributed by atoms with Gasteiger partial charge in [0.1, 0.15) is 6.61 Å². The van der Waals surface area contributed by atoms with Gasteiger partial charge in [0.25, 0.3) is 5.91 Å². The highest BCUT2D eigenvalue weighted by molar-refractivity contribution is 9.10. The number of likely N-dealkylation sites (tertiary alicyclic amines) is 1. The second-order valence-corrected chi connectivity index (χ2v) is 6.62. The molecule has 0 spiro atoms. The summed E-state index contributed by atoms with van der Waals surface area (Å²) >= 11 is 3.46. The van der Waals surface area contributed by atoms with E-state index in [0.29, 0.717) is 24.7 Å². The molecule has 1 aliphatic heterocycles. The smallest absolute Gasteiger partial charge is 0.254 e. The summed E-state index contributed by atoms with van der Waals surface area (Å²) in [6.45, 7) is 6.36. The van der Waals surface area contributed by atoms with E-state index in [2.05, 4.69) is 37.9 Å². The van der Waals surface area contributed by atoms with Gasteiger partial charge in [0.05, 0.1) is 24.3 Å². The second-order valence-electron chi connectivity index (χ2n) is 5.76. The van der Waals surface area contributed by atoms with Crippen molar-refractivity contribution in [1.82, 2.24) is 10.3 Å². The molecular formula is C18H24BrN3O3. The Kier molecular flexibility index (Phi) is 7.94. The molecule has 1 fully saturated rings. The quantitative estimate of drug-likeness (QED) is 0.407. The molecule has 0 bridgehead atoms. The van der Waals surface area contributed by atoms with Gasteiger partial charge in [-0.3, -0.25) is 9.69 Å². The highest BCUT2D eigenvalue weighted by Crippen LogP contribution is 2.36. The standard InChI is InChI=1S/C18H24BrN3O3/c1-3-9-25-18-15(19)10-14(11-16(18)24-2)12-20-21-17(23)13-22-7-5-4-6-8-22/h3,10-12H,1,4-9,13H2,2H3,(H,21,23)/b20-12-. The summed E-state index contributed by atoms with van der Waals surface area (Å²) in [6, 6.07) is 3.64. The Bertz CT molecular complexity index is 628. The molecule has 1 amide bonds. The summed E-state index contributed by atoms with van der Waals surface area (Å²) in [5, 5.41) is 4.03. The Morgan fingerprint density at radius 1 is 1.40 bits per heavy atom. The summed E-state index contributed by atoms with van der Waals surface area (Å²) in [4.78, 5) is 14.1. The first-order chi connectivity index (χ1) is 12.1. The average molecular weight is 410 g/mol. The summed E-state index contributed by atoms with van der Waals surface area (Å²) in [5.41, 5.74) is 3.36. The number of halogens is 1. The van der Waals surface area contributed by atoms with Gasteiger partial charge >= 0.3 is 0 Å². The molecule has 1 N–H and O–H groups in total. The Balaban J connectivity index is 1.94. The lowest BCUT2D eigenvalue weighted by molar-refractivity contribution is -0.122. The molecule has 1 heterocycles. The molecular weight excluding hydrogens is 386 g/mol. The number of hydrogen-bond acceptors (Lipinski definition) is 5. The molecule has 6 nitrogen and oxygen atoms in total. The Morgan fingerprint density at radius 2 is 2.16 bits per heavy atom. The third kappa shape index (κ3) is 6.17. The molecule has 0 atom stereocenters. The van der Waals surface area contributed by atoms with E-state index in [4.69, 9.17) is 9.47 Å². The minimum absolute atomic E-state index is 0.102. The van der Waals surface area contributed by atoms with Crippen molar-refractivity contribution in [2.75, 3.05) is 33.4 Å². The van der Waals surface area contributed by atoms with E-state index in [1.54, 1.807) is 25.5 Å². The van der Waals surface area contributed by atoms with Crippen LogP contribution >= 0.6 is 15.9 Å². The zero-order chi connectivity index (χ0) is 18.1. The van der Waals surface area contributed by atoms with Gasteiger partial charge < -0.3 is 9.47 Å². The molecule has 1 aliphatic rings. The monoisotopic (exact) mass is 409 g/mol. The molecule has 0 aliphatic carbocycles. The van der Waals surface area contributed by atoms with Gasteiger partial charge in [-0.2, -0.15) is 5.10 Å². The molecule has 0 saturated carbocycles. The van der Waals surface area contributed by atoms with Crippen molar-refractivity contribution in [3.05, 3.63) is 34.8 Å². The molecule has 0 aromatic heterocycles. The maximum absolute atomic E-state index is 11.9. The fourth-order valence-corrected chi connectivity index (χ4v) is 3.21. The van der Waals surface area contributed by atoms with E-state index in [-0.39, 0.29) is 5.91 Å². The van der Waals surface area contributed by atoms with E-state index in [1.807, 2.05) is 6.07 Å². The van der Waals surface area contributed by atoms with Crippen molar-refractivity contribution < 1.29 is 14.3 Å². The number of nitrogens with zero attached hydrogens (tertiary/aromatic N) is 2. The number of amides is 1. The fraction of sp³-hybridized carbons (Fsp3) is 0.444. The first-order valence-corrected chi connectivity index (χ1v) is 9.09. The minimum Gasteiger partial charge on any atom is -0.493 e. The first kappa shape index (κ1) is 19.5. The Hall–Kier alpha value is -1.86. The zero-order valence-electron chi connectivity index (χ0n) is 14.5. The van der Waals surface area contributed by atoms with Crippen LogP contribution in [0.15, 0.2) is 34.4 Å². The van der Waals surface area contributed by atoms with E-state index in [0.717, 1.165) is 36.0 Å². The third-order valence-electron chi connectivity index (χ3n) is 3.82. The number of rotatable bonds is 8. The predicted octanol–water partition coefficient (Wildman–Crippen LogP) is 2.96. The summed E-state index contributed by atoms with van der Waals surface area (Å²) in [7, 11) is 1.57. The van der Waals surface area contributed by atoms with Gasteiger partial charge in [-0.05, 0) is 59.6 Å². The second kappa shape index (κ2) is 10.2. The topological polar surface area (TPSA) is 63.2 Å². The van der Waals surface area contributed by atoms with Crippen molar-refractivity contribution in [2.24, 2.45) is 5.10 Å². The van der Waals surface area contributed by atoms with Crippen LogP contribution in [0.5, 0.6) is 11.5 Å². The summed E-state index contributed by atoms with van der Waals surface area (Å²) in [5.74, 6) is 1.08. The maximum atomic E-state index is 11.9. The zero-order valence-corrected chi connectivity index (χ0v) is 16.0. The molecule has 2 rings (SSSR count). The maximum Gasteiger partial charge on any atom is 0.254 e. The highest BCUT2D eigenvalue weighted by Gasteiger charge is 2.13. The summed E-state index contributed by atoms with van der Waals surface area (Å²) < 4.78 is 11.7. The van der Waals surface area contributed by atoms with Crippen LogP contribution in [0.4, 0.5) is 0 Å². The molecule has 0 unspecified atom stereocenters. The largest absolute Gasteiger partial charge is 0.493 e. The lowest BCUT2D eigenvalue weighted by Gasteiger charge is -2.25. The van der Waals surface area contributed by atoms with Crippen LogP contribution in [0.2, 0.25) is 0 Å². The number of benzene rings is 1. The van der Waals surface area contributed by atoms with Crippen molar-refractivity contribution in [3.8, 4) is 11.5 Å². The predicted molar refractivity (Wildman–Crippen MR) is 102 cm³/mol. The minimum atomic E-state index is -0.102. The fourth-order valence-electron chi connectivity index (χ4n) is 2.63. The molecule has 7 heteroatoms. The molecule has 1 saturated heterocycles. The highest BCUT2D eigenvalue weighted by atomic mass is 79.9. The summed E-state index contributed by atoms with van der Waals surface area (Å²) in [6.07, 6.45) is 6.81. The van der Waals surface area contributed by atoms with Crippen LogP contribution in [0.3, 0.4) is 0 Å². The van der Waals surface area contributed by atoms with Crippen molar-refractivity contribution in [2.45, 2.75) is 19.3 Å². The van der Waals surface area contributed by atoms with Crippen LogP contribution in [0, 0.1) is 0 Å². The number of ether oxygens (including phenoxy) is 2. The van der Waals surface area contributed by atoms with Gasteiger partial charge in [-0.1, -0.05) is 19.1 Å².